The van der Waals surface area contributed by atoms with Gasteiger partial charge in [0.25, 0.3) is 0 Å². The maximum Gasteiger partial charge on any atom is 1.00 e. The molecule has 0 aliphatic rings. The first kappa shape index (κ1) is 21.8. The van der Waals surface area contributed by atoms with E-state index in [0.717, 1.165) is 0 Å². The summed E-state index contributed by atoms with van der Waals surface area (Å²) in [5, 5.41) is 0. The van der Waals surface area contributed by atoms with Gasteiger partial charge in [-0.3, -0.25) is 9.59 Å². The third-order valence-corrected chi connectivity index (χ3v) is 1.09. The minimum absolute atomic E-state index is 0. The Morgan fingerprint density at radius 2 is 1.19 bits per heavy atom. The van der Waals surface area contributed by atoms with Crippen LogP contribution in [0.2, 0.25) is 0 Å². The van der Waals surface area contributed by atoms with Gasteiger partial charge in [0.2, 0.25) is 0 Å². The average molecular weight is 252 g/mol. The summed E-state index contributed by atoms with van der Waals surface area (Å²) in [6.07, 6.45) is -1.57. The topological polar surface area (TPSA) is 122 Å². The van der Waals surface area contributed by atoms with Gasteiger partial charge in [-0.2, -0.15) is 0 Å². The summed E-state index contributed by atoms with van der Waals surface area (Å²) in [4.78, 5) is 32.0. The van der Waals surface area contributed by atoms with E-state index in [-0.39, 0.29) is 87.9 Å². The number of hydrogen-bond acceptors (Lipinski definition) is 7. The molecule has 9 heteroatoms. The summed E-state index contributed by atoms with van der Waals surface area (Å²) in [7, 11) is 0. The van der Waals surface area contributed by atoms with Crippen molar-refractivity contribution in [3.63, 3.8) is 0 Å². The van der Waals surface area contributed by atoms with Crippen LogP contribution in [0.25, 0.3) is 0 Å². The zero-order valence-electron chi connectivity index (χ0n) is 11.5. The van der Waals surface area contributed by atoms with Gasteiger partial charge in [-0.05, 0) is 0 Å². The molecule has 0 saturated heterocycles. The summed E-state index contributed by atoms with van der Waals surface area (Å²) in [5.74, 6) is -1.67. The van der Waals surface area contributed by atoms with Crippen LogP contribution in [0.15, 0.2) is 0 Å². The molecule has 0 amide bonds. The van der Waals surface area contributed by atoms with E-state index in [2.05, 4.69) is 9.47 Å². The molecular weight excluding hydrogens is 238 g/mol. The fourth-order valence-electron chi connectivity index (χ4n) is 0.544. The molecule has 0 aromatic heterocycles. The Morgan fingerprint density at radius 1 is 0.875 bits per heavy atom. The van der Waals surface area contributed by atoms with Crippen molar-refractivity contribution in [2.24, 2.45) is 11.5 Å². The molecule has 0 rings (SSSR count). The zero-order chi connectivity index (χ0) is 11.0. The average Bonchev–Trinajstić information content (AvgIpc) is 2.03. The molecule has 0 saturated carbocycles. The molecule has 0 aromatic rings. The van der Waals surface area contributed by atoms with E-state index in [1.165, 1.54) is 0 Å². The second-order valence-corrected chi connectivity index (χ2v) is 2.28. The Balaban J connectivity index is -0.000000141. The van der Waals surface area contributed by atoms with E-state index in [4.69, 9.17) is 11.5 Å². The normalized spacial score (nSPS) is 8.12. The summed E-state index contributed by atoms with van der Waals surface area (Å²) >= 11 is 0. The summed E-state index contributed by atoms with van der Waals surface area (Å²) in [5.41, 5.74) is 10.0. The fourth-order valence-corrected chi connectivity index (χ4v) is 0.544. The molecule has 16 heavy (non-hydrogen) atoms. The van der Waals surface area contributed by atoms with Crippen molar-refractivity contribution in [3.05, 3.63) is 0 Å². The molecule has 0 spiro atoms. The summed E-state index contributed by atoms with van der Waals surface area (Å²) in [6.45, 7) is 0.117. The maximum atomic E-state index is 10.7. The number of nitrogens with two attached hydrogens (primary N) is 2. The van der Waals surface area contributed by atoms with E-state index in [1.807, 2.05) is 0 Å². The van der Waals surface area contributed by atoms with Gasteiger partial charge in [0.05, 0.1) is 12.8 Å². The monoisotopic (exact) mass is 252 g/mol. The number of hydrogen-bond donors (Lipinski definition) is 2. The first-order chi connectivity index (χ1) is 6.60. The number of esters is 2. The van der Waals surface area contributed by atoms with Gasteiger partial charge in [-0.1, -0.05) is 0 Å². The van der Waals surface area contributed by atoms with Crippen LogP contribution in [0.1, 0.15) is 15.7 Å². The van der Waals surface area contributed by atoms with Crippen LogP contribution in [0, 0.1) is 0 Å². The Hall–Kier alpha value is 0.530. The predicted octanol–water partition coefficient (Wildman–Crippen LogP) is -6.88. The van der Waals surface area contributed by atoms with Crippen LogP contribution >= 0.6 is 0 Å². The zero-order valence-corrected chi connectivity index (χ0v) is 13.5. The Morgan fingerprint density at radius 3 is 1.44 bits per heavy atom. The molecule has 0 unspecified atom stereocenters. The molecular formula is C7H14N2Na2O5. The van der Waals surface area contributed by atoms with Crippen LogP contribution in [0.3, 0.4) is 0 Å². The molecule has 0 aliphatic heterocycles. The summed E-state index contributed by atoms with van der Waals surface area (Å²) < 4.78 is 8.13. The van der Waals surface area contributed by atoms with E-state index in [1.54, 1.807) is 0 Å². The fraction of sp³-hybridized carbons (Fsp3) is 0.571. The SMILES string of the molecule is NCCC(=O)OC(=O)OC(=O)CCN.[H-].[H-].[Na+].[Na+]. The second-order valence-electron chi connectivity index (χ2n) is 2.28. The van der Waals surface area contributed by atoms with Gasteiger partial charge in [-0.25, -0.2) is 4.79 Å². The van der Waals surface area contributed by atoms with Gasteiger partial charge in [0.15, 0.2) is 0 Å². The first-order valence-electron chi connectivity index (χ1n) is 3.95. The van der Waals surface area contributed by atoms with Crippen LogP contribution < -0.4 is 70.6 Å². The van der Waals surface area contributed by atoms with E-state index < -0.39 is 18.1 Å². The van der Waals surface area contributed by atoms with E-state index in [0.29, 0.717) is 0 Å². The molecule has 0 radical (unpaired) electrons. The van der Waals surface area contributed by atoms with Crippen molar-refractivity contribution in [3.8, 4) is 0 Å². The number of carbonyl (C=O) groups excluding carboxylic acids is 3. The third-order valence-electron chi connectivity index (χ3n) is 1.09. The van der Waals surface area contributed by atoms with E-state index >= 15 is 0 Å². The smallest absolute Gasteiger partial charge is 1.00 e. The minimum atomic E-state index is -1.35. The number of rotatable bonds is 4. The third kappa shape index (κ3) is 12.6. The standard InChI is InChI=1S/C7H12N2O5.2Na.2H/c8-3-1-5(10)13-7(12)14-6(11)2-4-9;;;;/h1-4,8-9H2;;;;/q;2*+1;2*-1. The van der Waals surface area contributed by atoms with Crippen LogP contribution in [-0.2, 0) is 19.1 Å². The largest absolute Gasteiger partial charge is 1.00 e. The number of ether oxygens (including phenoxy) is 2. The van der Waals surface area contributed by atoms with Gasteiger partial charge >= 0.3 is 77.2 Å². The molecule has 0 aromatic carbocycles. The van der Waals surface area contributed by atoms with Crippen LogP contribution in [-0.4, -0.2) is 31.2 Å². The molecule has 0 heterocycles. The Labute approximate surface area is 140 Å². The molecule has 7 nitrogen and oxygen atoms in total. The molecule has 4 N–H and O–H groups in total. The molecule has 0 fully saturated rings. The minimum Gasteiger partial charge on any atom is -1.00 e. The second kappa shape index (κ2) is 13.6. The Bertz CT molecular complexity index is 224. The summed E-state index contributed by atoms with van der Waals surface area (Å²) in [6, 6.07) is 0. The van der Waals surface area contributed by atoms with Gasteiger partial charge in [0, 0.05) is 13.1 Å². The van der Waals surface area contributed by atoms with Gasteiger partial charge in [-0.15, -0.1) is 0 Å². The van der Waals surface area contributed by atoms with Crippen LogP contribution in [0.5, 0.6) is 0 Å². The van der Waals surface area contributed by atoms with Crippen molar-refractivity contribution in [1.82, 2.24) is 0 Å². The molecule has 84 valence electrons. The van der Waals surface area contributed by atoms with Gasteiger partial charge < -0.3 is 23.8 Å². The number of carbonyl (C=O) groups is 3. The molecule has 0 aliphatic carbocycles. The maximum absolute atomic E-state index is 10.7. The van der Waals surface area contributed by atoms with Crippen molar-refractivity contribution in [1.29, 1.82) is 0 Å². The predicted molar refractivity (Wildman–Crippen MR) is 47.1 cm³/mol. The molecule has 0 bridgehead atoms. The van der Waals surface area contributed by atoms with Crippen molar-refractivity contribution >= 4 is 18.1 Å². The van der Waals surface area contributed by atoms with E-state index in [9.17, 15) is 14.4 Å². The van der Waals surface area contributed by atoms with Crippen molar-refractivity contribution < 1.29 is 85.8 Å². The molecule has 0 atom stereocenters. The first-order valence-corrected chi connectivity index (χ1v) is 3.95. The van der Waals surface area contributed by atoms with Crippen LogP contribution in [0.4, 0.5) is 4.79 Å². The quantitative estimate of drug-likeness (QED) is 0.289. The van der Waals surface area contributed by atoms with Crippen molar-refractivity contribution in [2.45, 2.75) is 12.8 Å². The van der Waals surface area contributed by atoms with Gasteiger partial charge in [0.1, 0.15) is 0 Å². The van der Waals surface area contributed by atoms with Crippen molar-refractivity contribution in [2.75, 3.05) is 13.1 Å². The Kier molecular flexibility index (Phi) is 18.5.